The predicted octanol–water partition coefficient (Wildman–Crippen LogP) is 2.76. The van der Waals surface area contributed by atoms with E-state index in [-0.39, 0.29) is 11.4 Å². The van der Waals surface area contributed by atoms with Gasteiger partial charge in [-0.2, -0.15) is 0 Å². The van der Waals surface area contributed by atoms with E-state index in [9.17, 15) is 14.9 Å². The molecule has 0 atom stereocenters. The summed E-state index contributed by atoms with van der Waals surface area (Å²) in [5, 5.41) is 19.9. The second-order valence-corrected chi connectivity index (χ2v) is 4.64. The van der Waals surface area contributed by atoms with Gasteiger partial charge in [-0.15, -0.1) is 0 Å². The maximum absolute atomic E-state index is 11.2. The quantitative estimate of drug-likeness (QED) is 0.686. The van der Waals surface area contributed by atoms with Crippen LogP contribution in [0.5, 0.6) is 0 Å². The SMILES string of the molecule is Cc1cccc(C)c1Cn1cc([N+](=O)[O-])cc1C(=O)O. The zero-order chi connectivity index (χ0) is 14.9. The Balaban J connectivity index is 2.47. The molecule has 0 fully saturated rings. The molecular formula is C14H14N2O4. The van der Waals surface area contributed by atoms with Crippen molar-refractivity contribution < 1.29 is 14.8 Å². The standard InChI is InChI=1S/C14H14N2O4/c1-9-4-3-5-10(2)12(9)8-15-7-11(16(19)20)6-13(15)14(17)18/h3-7H,8H2,1-2H3,(H,17,18). The highest BCUT2D eigenvalue weighted by atomic mass is 16.6. The van der Waals surface area contributed by atoms with Gasteiger partial charge in [0.2, 0.25) is 0 Å². The fourth-order valence-corrected chi connectivity index (χ4v) is 2.17. The van der Waals surface area contributed by atoms with Gasteiger partial charge in [0.25, 0.3) is 5.69 Å². The largest absolute Gasteiger partial charge is 0.477 e. The van der Waals surface area contributed by atoms with Crippen LogP contribution in [0.3, 0.4) is 0 Å². The van der Waals surface area contributed by atoms with Crippen molar-refractivity contribution in [2.75, 3.05) is 0 Å². The molecule has 0 aliphatic carbocycles. The van der Waals surface area contributed by atoms with Crippen LogP contribution in [0.4, 0.5) is 5.69 Å². The van der Waals surface area contributed by atoms with Crippen LogP contribution in [-0.2, 0) is 6.54 Å². The minimum absolute atomic E-state index is 0.0839. The normalized spacial score (nSPS) is 10.5. The number of rotatable bonds is 4. The fourth-order valence-electron chi connectivity index (χ4n) is 2.17. The van der Waals surface area contributed by atoms with Crippen molar-refractivity contribution in [3.8, 4) is 0 Å². The van der Waals surface area contributed by atoms with Crippen molar-refractivity contribution in [3.05, 3.63) is 63.0 Å². The molecule has 0 radical (unpaired) electrons. The van der Waals surface area contributed by atoms with Gasteiger partial charge in [-0.05, 0) is 30.5 Å². The Morgan fingerprint density at radius 2 is 1.95 bits per heavy atom. The van der Waals surface area contributed by atoms with E-state index in [4.69, 9.17) is 5.11 Å². The summed E-state index contributed by atoms with van der Waals surface area (Å²) in [6, 6.07) is 6.86. The second kappa shape index (κ2) is 5.16. The Morgan fingerprint density at radius 3 is 2.45 bits per heavy atom. The molecule has 2 rings (SSSR count). The van der Waals surface area contributed by atoms with Gasteiger partial charge in [-0.1, -0.05) is 18.2 Å². The van der Waals surface area contributed by atoms with Crippen molar-refractivity contribution in [3.63, 3.8) is 0 Å². The number of benzene rings is 1. The molecule has 0 saturated carbocycles. The minimum atomic E-state index is -1.18. The summed E-state index contributed by atoms with van der Waals surface area (Å²) in [4.78, 5) is 21.4. The zero-order valence-electron chi connectivity index (χ0n) is 11.2. The average molecular weight is 274 g/mol. The highest BCUT2D eigenvalue weighted by Gasteiger charge is 2.19. The molecule has 1 aromatic heterocycles. The summed E-state index contributed by atoms with van der Waals surface area (Å²) in [6.07, 6.45) is 1.26. The molecule has 1 N–H and O–H groups in total. The van der Waals surface area contributed by atoms with Crippen LogP contribution in [0.1, 0.15) is 27.2 Å². The summed E-state index contributed by atoms with van der Waals surface area (Å²) < 4.78 is 1.40. The third-order valence-corrected chi connectivity index (χ3v) is 3.28. The van der Waals surface area contributed by atoms with Crippen LogP contribution in [-0.4, -0.2) is 20.6 Å². The summed E-state index contributed by atoms with van der Waals surface area (Å²) in [6.45, 7) is 4.16. The maximum atomic E-state index is 11.2. The lowest BCUT2D eigenvalue weighted by molar-refractivity contribution is -0.384. The Labute approximate surface area is 115 Å². The minimum Gasteiger partial charge on any atom is -0.477 e. The molecule has 6 nitrogen and oxygen atoms in total. The number of nitro groups is 1. The monoisotopic (exact) mass is 274 g/mol. The van der Waals surface area contributed by atoms with E-state index >= 15 is 0 Å². The molecule has 1 aromatic carbocycles. The molecular weight excluding hydrogens is 260 g/mol. The fraction of sp³-hybridized carbons (Fsp3) is 0.214. The molecule has 0 aliphatic rings. The predicted molar refractivity (Wildman–Crippen MR) is 73.1 cm³/mol. The van der Waals surface area contributed by atoms with Gasteiger partial charge < -0.3 is 9.67 Å². The second-order valence-electron chi connectivity index (χ2n) is 4.64. The smallest absolute Gasteiger partial charge is 0.352 e. The third-order valence-electron chi connectivity index (χ3n) is 3.28. The van der Waals surface area contributed by atoms with Gasteiger partial charge in [-0.25, -0.2) is 4.79 Å². The number of hydrogen-bond acceptors (Lipinski definition) is 3. The van der Waals surface area contributed by atoms with Gasteiger partial charge in [0.05, 0.1) is 11.1 Å². The highest BCUT2D eigenvalue weighted by Crippen LogP contribution is 2.21. The lowest BCUT2D eigenvalue weighted by Crippen LogP contribution is -2.10. The number of carboxylic acids is 1. The maximum Gasteiger partial charge on any atom is 0.352 e. The van der Waals surface area contributed by atoms with E-state index in [2.05, 4.69) is 0 Å². The molecule has 0 bridgehead atoms. The molecule has 2 aromatic rings. The number of hydrogen-bond donors (Lipinski definition) is 1. The first kappa shape index (κ1) is 13.8. The number of carbonyl (C=O) groups is 1. The van der Waals surface area contributed by atoms with Crippen LogP contribution in [0.15, 0.2) is 30.5 Å². The zero-order valence-corrected chi connectivity index (χ0v) is 11.2. The van der Waals surface area contributed by atoms with Gasteiger partial charge in [0.15, 0.2) is 0 Å². The van der Waals surface area contributed by atoms with E-state index in [0.717, 1.165) is 22.8 Å². The molecule has 0 saturated heterocycles. The Morgan fingerprint density at radius 1 is 1.35 bits per heavy atom. The van der Waals surface area contributed by atoms with Crippen molar-refractivity contribution in [2.24, 2.45) is 0 Å². The summed E-state index contributed by atoms with van der Waals surface area (Å²) in [5.41, 5.74) is 2.73. The highest BCUT2D eigenvalue weighted by molar-refractivity contribution is 5.87. The van der Waals surface area contributed by atoms with Crippen LogP contribution in [0.25, 0.3) is 0 Å². The first-order chi connectivity index (χ1) is 9.40. The number of carboxylic acid groups (broad SMARTS) is 1. The van der Waals surface area contributed by atoms with Gasteiger partial charge in [0.1, 0.15) is 5.69 Å². The number of aromatic nitrogens is 1. The summed E-state index contributed by atoms with van der Waals surface area (Å²) >= 11 is 0. The Bertz CT molecular complexity index is 668. The molecule has 0 spiro atoms. The summed E-state index contributed by atoms with van der Waals surface area (Å²) in [7, 11) is 0. The van der Waals surface area contributed by atoms with Crippen LogP contribution in [0.2, 0.25) is 0 Å². The van der Waals surface area contributed by atoms with Crippen molar-refractivity contribution >= 4 is 11.7 Å². The topological polar surface area (TPSA) is 85.4 Å². The molecule has 104 valence electrons. The Kier molecular flexibility index (Phi) is 3.56. The molecule has 1 heterocycles. The lowest BCUT2D eigenvalue weighted by atomic mass is 10.0. The summed E-state index contributed by atoms with van der Waals surface area (Å²) in [5.74, 6) is -1.18. The molecule has 20 heavy (non-hydrogen) atoms. The van der Waals surface area contributed by atoms with E-state index < -0.39 is 10.9 Å². The number of aryl methyl sites for hydroxylation is 2. The Hall–Kier alpha value is -2.63. The number of aromatic carboxylic acids is 1. The van der Waals surface area contributed by atoms with Gasteiger partial charge in [-0.3, -0.25) is 10.1 Å². The molecule has 0 unspecified atom stereocenters. The van der Waals surface area contributed by atoms with Gasteiger partial charge in [0, 0.05) is 12.6 Å². The average Bonchev–Trinajstić information content (AvgIpc) is 2.78. The first-order valence-corrected chi connectivity index (χ1v) is 6.03. The van der Waals surface area contributed by atoms with E-state index in [1.165, 1.54) is 10.8 Å². The van der Waals surface area contributed by atoms with Crippen molar-refractivity contribution in [2.45, 2.75) is 20.4 Å². The van der Waals surface area contributed by atoms with Crippen molar-refractivity contribution in [1.29, 1.82) is 0 Å². The number of nitrogens with zero attached hydrogens (tertiary/aromatic N) is 2. The lowest BCUT2D eigenvalue weighted by Gasteiger charge is -2.11. The van der Waals surface area contributed by atoms with Crippen LogP contribution in [0, 0.1) is 24.0 Å². The molecule has 6 heteroatoms. The van der Waals surface area contributed by atoms with Crippen molar-refractivity contribution in [1.82, 2.24) is 4.57 Å². The first-order valence-electron chi connectivity index (χ1n) is 6.03. The molecule has 0 aliphatic heterocycles. The van der Waals surface area contributed by atoms with E-state index in [1.54, 1.807) is 0 Å². The third kappa shape index (κ3) is 2.54. The van der Waals surface area contributed by atoms with E-state index in [1.807, 2.05) is 32.0 Å². The van der Waals surface area contributed by atoms with E-state index in [0.29, 0.717) is 6.54 Å². The van der Waals surface area contributed by atoms with Crippen LogP contribution < -0.4 is 0 Å². The van der Waals surface area contributed by atoms with Crippen LogP contribution >= 0.6 is 0 Å². The molecule has 0 amide bonds. The van der Waals surface area contributed by atoms with Gasteiger partial charge >= 0.3 is 5.97 Å².